The minimum atomic E-state index is -1.21. The van der Waals surface area contributed by atoms with Gasteiger partial charge in [-0.15, -0.1) is 0 Å². The monoisotopic (exact) mass is 361 g/mol. The quantitative estimate of drug-likeness (QED) is 0.624. The Kier molecular flexibility index (Phi) is 9.70. The van der Waals surface area contributed by atoms with Crippen molar-refractivity contribution in [3.63, 3.8) is 0 Å². The van der Waals surface area contributed by atoms with Gasteiger partial charge in [0.05, 0.1) is 12.6 Å². The predicted molar refractivity (Wildman–Crippen MR) is 97.7 cm³/mol. The van der Waals surface area contributed by atoms with Crippen LogP contribution in [0.5, 0.6) is 5.75 Å². The topological polar surface area (TPSA) is 78.5 Å². The van der Waals surface area contributed by atoms with Crippen molar-refractivity contribution in [3.8, 4) is 5.75 Å². The van der Waals surface area contributed by atoms with Crippen LogP contribution in [0.1, 0.15) is 48.7 Å². The maximum Gasteiger partial charge on any atom is 1.00 e. The minimum absolute atomic E-state index is 0. The summed E-state index contributed by atoms with van der Waals surface area (Å²) in [4.78, 5) is 23.5. The van der Waals surface area contributed by atoms with E-state index in [4.69, 9.17) is 4.74 Å². The predicted octanol–water partition coefficient (Wildman–Crippen LogP) is -0.273. The van der Waals surface area contributed by atoms with E-state index in [0.717, 1.165) is 12.0 Å². The van der Waals surface area contributed by atoms with Gasteiger partial charge in [0.2, 0.25) is 0 Å². The fourth-order valence-corrected chi connectivity index (χ4v) is 2.46. The molecule has 0 aliphatic heterocycles. The van der Waals surface area contributed by atoms with Gasteiger partial charge in [-0.1, -0.05) is 44.2 Å². The van der Waals surface area contributed by atoms with Crippen LogP contribution in [0.15, 0.2) is 54.6 Å². The van der Waals surface area contributed by atoms with Gasteiger partial charge in [0.15, 0.2) is 0 Å². The molecule has 27 heavy (non-hydrogen) atoms. The zero-order chi connectivity index (χ0) is 18.9. The van der Waals surface area contributed by atoms with Gasteiger partial charge < -0.3 is 20.0 Å². The summed E-state index contributed by atoms with van der Waals surface area (Å²) in [6.07, 6.45) is 0.677. The Bertz CT molecular complexity index is 717. The van der Waals surface area contributed by atoms with E-state index in [1.54, 1.807) is 48.5 Å². The number of carbonyl (C=O) groups excluding carboxylic acids is 2. The van der Waals surface area contributed by atoms with Crippen LogP contribution in [0.3, 0.4) is 0 Å². The Morgan fingerprint density at radius 2 is 1.67 bits per heavy atom. The fourth-order valence-electron chi connectivity index (χ4n) is 2.46. The van der Waals surface area contributed by atoms with E-state index in [2.05, 4.69) is 19.2 Å². The van der Waals surface area contributed by atoms with Crippen LogP contribution in [0.25, 0.3) is 0 Å². The summed E-state index contributed by atoms with van der Waals surface area (Å²) in [5, 5.41) is 13.8. The Balaban J connectivity index is 0.00000364. The summed E-state index contributed by atoms with van der Waals surface area (Å²) in [6, 6.07) is 15.2. The van der Waals surface area contributed by atoms with E-state index >= 15 is 0 Å². The van der Waals surface area contributed by atoms with Gasteiger partial charge in [-0.25, -0.2) is 0 Å². The Hall–Kier alpha value is -2.22. The molecule has 0 spiro atoms. The van der Waals surface area contributed by atoms with Crippen LogP contribution in [0, 0.1) is 5.92 Å². The molecule has 0 aliphatic carbocycles. The largest absolute Gasteiger partial charge is 1.00 e. The Morgan fingerprint density at radius 1 is 1.04 bits per heavy atom. The average Bonchev–Trinajstić information content (AvgIpc) is 2.62. The number of benzene rings is 2. The van der Waals surface area contributed by atoms with Crippen LogP contribution in [0.4, 0.5) is 0 Å². The molecule has 1 amide bonds. The normalized spacial score (nSPS) is 11.4. The van der Waals surface area contributed by atoms with E-state index in [1.807, 2.05) is 6.07 Å². The first kappa shape index (κ1) is 22.8. The van der Waals surface area contributed by atoms with E-state index < -0.39 is 12.0 Å². The molecule has 138 valence electrons. The molecule has 0 saturated heterocycles. The SMILES string of the molecule is CC(C)CCOc1ccc(C(=O)NC(CC(=O)[O-])c2ccccc2)cc1.[Li+]. The smallest absolute Gasteiger partial charge is 0.550 e. The van der Waals surface area contributed by atoms with Gasteiger partial charge >= 0.3 is 18.9 Å². The van der Waals surface area contributed by atoms with Gasteiger partial charge in [0.1, 0.15) is 5.75 Å². The molecule has 1 atom stereocenters. The maximum absolute atomic E-state index is 12.5. The molecule has 0 saturated carbocycles. The number of amides is 1. The number of hydrogen-bond acceptors (Lipinski definition) is 4. The summed E-state index contributed by atoms with van der Waals surface area (Å²) in [7, 11) is 0. The molecule has 2 aromatic rings. The van der Waals surface area contributed by atoms with Crippen LogP contribution >= 0.6 is 0 Å². The number of carbonyl (C=O) groups is 2. The van der Waals surface area contributed by atoms with Crippen molar-refractivity contribution < 1.29 is 38.3 Å². The first-order valence-electron chi connectivity index (χ1n) is 8.74. The number of rotatable bonds is 9. The number of carboxylic acids is 1. The molecule has 0 aromatic heterocycles. The van der Waals surface area contributed by atoms with E-state index in [9.17, 15) is 14.7 Å². The summed E-state index contributed by atoms with van der Waals surface area (Å²) < 4.78 is 5.64. The molecule has 6 heteroatoms. The van der Waals surface area contributed by atoms with Crippen molar-refractivity contribution in [2.45, 2.75) is 32.7 Å². The molecule has 2 aromatic carbocycles. The van der Waals surface area contributed by atoms with Crippen molar-refractivity contribution in [2.24, 2.45) is 5.92 Å². The molecule has 0 bridgehead atoms. The van der Waals surface area contributed by atoms with Gasteiger partial charge in [-0.05, 0) is 42.2 Å². The molecular formula is C21H24LiNO4. The van der Waals surface area contributed by atoms with Crippen LogP contribution in [-0.2, 0) is 4.79 Å². The van der Waals surface area contributed by atoms with Crippen molar-refractivity contribution in [1.82, 2.24) is 5.32 Å². The maximum atomic E-state index is 12.5. The molecule has 1 N–H and O–H groups in total. The third-order valence-corrected chi connectivity index (χ3v) is 3.96. The average molecular weight is 361 g/mol. The molecule has 0 radical (unpaired) electrons. The number of aliphatic carboxylic acids is 1. The molecule has 1 unspecified atom stereocenters. The van der Waals surface area contributed by atoms with Gasteiger partial charge in [-0.2, -0.15) is 0 Å². The minimum Gasteiger partial charge on any atom is -0.550 e. The first-order chi connectivity index (χ1) is 12.5. The third-order valence-electron chi connectivity index (χ3n) is 3.96. The van der Waals surface area contributed by atoms with E-state index in [-0.39, 0.29) is 31.2 Å². The molecule has 5 nitrogen and oxygen atoms in total. The number of ether oxygens (including phenoxy) is 1. The Morgan fingerprint density at radius 3 is 2.22 bits per heavy atom. The van der Waals surface area contributed by atoms with Crippen molar-refractivity contribution in [3.05, 3.63) is 65.7 Å². The van der Waals surface area contributed by atoms with Crippen LogP contribution < -0.4 is 34.0 Å². The zero-order valence-electron chi connectivity index (χ0n) is 16.1. The zero-order valence-corrected chi connectivity index (χ0v) is 16.1. The Labute approximate surface area is 172 Å². The van der Waals surface area contributed by atoms with Gasteiger partial charge in [0, 0.05) is 18.0 Å². The second-order valence-corrected chi connectivity index (χ2v) is 6.57. The number of nitrogens with one attached hydrogen (secondary N) is 1. The van der Waals surface area contributed by atoms with Crippen molar-refractivity contribution >= 4 is 11.9 Å². The third kappa shape index (κ3) is 7.90. The molecule has 0 aliphatic rings. The summed E-state index contributed by atoms with van der Waals surface area (Å²) in [5.41, 5.74) is 1.17. The second-order valence-electron chi connectivity index (χ2n) is 6.57. The number of carboxylic acid groups (broad SMARTS) is 1. The van der Waals surface area contributed by atoms with Gasteiger partial charge in [-0.3, -0.25) is 4.79 Å². The molecular weight excluding hydrogens is 337 g/mol. The van der Waals surface area contributed by atoms with Crippen LogP contribution in [0.2, 0.25) is 0 Å². The second kappa shape index (κ2) is 11.5. The van der Waals surface area contributed by atoms with Crippen molar-refractivity contribution in [2.75, 3.05) is 6.61 Å². The van der Waals surface area contributed by atoms with Gasteiger partial charge in [0.25, 0.3) is 5.91 Å². The fraction of sp³-hybridized carbons (Fsp3) is 0.333. The molecule has 2 rings (SSSR count). The van der Waals surface area contributed by atoms with Crippen LogP contribution in [-0.4, -0.2) is 18.5 Å². The standard InChI is InChI=1S/C21H25NO4.Li/c1-15(2)12-13-26-18-10-8-17(9-11-18)21(25)22-19(14-20(23)24)16-6-4-3-5-7-16;/h3-11,15,19H,12-14H2,1-2H3,(H,22,25)(H,23,24);/q;+1/p-1. The van der Waals surface area contributed by atoms with Crippen molar-refractivity contribution in [1.29, 1.82) is 0 Å². The number of hydrogen-bond donors (Lipinski definition) is 1. The summed E-state index contributed by atoms with van der Waals surface area (Å²) >= 11 is 0. The summed E-state index contributed by atoms with van der Waals surface area (Å²) in [6.45, 7) is 4.89. The molecule has 0 fully saturated rings. The summed E-state index contributed by atoms with van der Waals surface area (Å²) in [5.74, 6) is -0.280. The molecule has 0 heterocycles. The van der Waals surface area contributed by atoms with E-state index in [0.29, 0.717) is 23.8 Å². The first-order valence-corrected chi connectivity index (χ1v) is 8.74. The van der Waals surface area contributed by atoms with E-state index in [1.165, 1.54) is 0 Å².